The number of alkyl halides is 4. The molecule has 0 aromatic rings. The fraction of sp³-hybridized carbons (Fsp3) is 1.00. The number of halogens is 4. The molecule has 2 N–H and O–H groups in total. The van der Waals surface area contributed by atoms with E-state index in [4.69, 9.17) is 42.2 Å². The molecule has 0 aromatic carbocycles. The molecule has 128 valence electrons. The maximum Gasteiger partial charge on any atom is 0.470 e. The van der Waals surface area contributed by atoms with Crippen molar-refractivity contribution in [2.75, 3.05) is 35.6 Å². The molecule has 0 aromatic heterocycles. The quantitative estimate of drug-likeness (QED) is 0.244. The zero-order chi connectivity index (χ0) is 16.6. The Morgan fingerprint density at radius 1 is 1.19 bits per heavy atom. The van der Waals surface area contributed by atoms with E-state index in [1.54, 1.807) is 6.92 Å². The predicted octanol–water partition coefficient (Wildman–Crippen LogP) is 3.91. The van der Waals surface area contributed by atoms with Crippen molar-refractivity contribution in [1.29, 1.82) is 0 Å². The van der Waals surface area contributed by atoms with Crippen molar-refractivity contribution >= 4 is 62.9 Å². The Balaban J connectivity index is 4.41. The van der Waals surface area contributed by atoms with Gasteiger partial charge in [0, 0.05) is 40.9 Å². The minimum Gasteiger partial charge on any atom is -0.381 e. The largest absolute Gasteiger partial charge is 0.470 e. The number of rotatable bonds is 12. The van der Waals surface area contributed by atoms with Gasteiger partial charge in [-0.05, 0) is 13.3 Å². The summed E-state index contributed by atoms with van der Waals surface area (Å²) in [6.45, 7) is 2.34. The van der Waals surface area contributed by atoms with Gasteiger partial charge in [-0.15, -0.1) is 23.2 Å². The highest BCUT2D eigenvalue weighted by Crippen LogP contribution is 2.44. The number of ether oxygens (including phenoxy) is 1. The molecular formula is C11H21Br2Cl2O5P. The maximum atomic E-state index is 11.0. The fourth-order valence-electron chi connectivity index (χ4n) is 1.50. The average Bonchev–Trinajstić information content (AvgIpc) is 2.38. The summed E-state index contributed by atoms with van der Waals surface area (Å²) in [5.74, 6) is 0.673. The van der Waals surface area contributed by atoms with E-state index in [9.17, 15) is 4.57 Å². The number of phosphoric acid groups is 1. The second kappa shape index (κ2) is 10.5. The topological polar surface area (TPSA) is 76.0 Å². The maximum absolute atomic E-state index is 11.0. The predicted molar refractivity (Wildman–Crippen MR) is 93.0 cm³/mol. The molecular weight excluding hydrogens is 474 g/mol. The van der Waals surface area contributed by atoms with Gasteiger partial charge in [0.15, 0.2) is 0 Å². The lowest BCUT2D eigenvalue weighted by Gasteiger charge is -2.31. The van der Waals surface area contributed by atoms with E-state index in [1.807, 2.05) is 0 Å². The van der Waals surface area contributed by atoms with Crippen LogP contribution in [0.25, 0.3) is 0 Å². The van der Waals surface area contributed by atoms with Gasteiger partial charge >= 0.3 is 7.82 Å². The van der Waals surface area contributed by atoms with Crippen LogP contribution in [0, 0.1) is 5.41 Å². The summed E-state index contributed by atoms with van der Waals surface area (Å²) in [6.07, 6.45) is 0.647. The van der Waals surface area contributed by atoms with Crippen molar-refractivity contribution < 1.29 is 23.6 Å². The number of hydrogen-bond acceptors (Lipinski definition) is 3. The normalized spacial score (nSPS) is 16.0. The summed E-state index contributed by atoms with van der Waals surface area (Å²) in [7, 11) is -4.57. The van der Waals surface area contributed by atoms with Gasteiger partial charge in [-0.2, -0.15) is 0 Å². The molecule has 1 atom stereocenters. The highest BCUT2D eigenvalue weighted by molar-refractivity contribution is 9.09. The van der Waals surface area contributed by atoms with Crippen LogP contribution in [0.1, 0.15) is 19.8 Å². The standard InChI is InChI=1S/C11H21Br2Cl2O5P/c1-10(2-4-14,20-21(16,17)18)3-5-19-9-11(6-12,7-13)8-15/h2-9H2,1H3,(H2,16,17,18). The molecule has 0 heterocycles. The second-order valence-electron chi connectivity index (χ2n) is 5.17. The zero-order valence-electron chi connectivity index (χ0n) is 11.7. The minimum atomic E-state index is -4.57. The van der Waals surface area contributed by atoms with Gasteiger partial charge in [0.25, 0.3) is 0 Å². The molecule has 0 saturated heterocycles. The smallest absolute Gasteiger partial charge is 0.381 e. The van der Waals surface area contributed by atoms with E-state index in [-0.39, 0.29) is 11.3 Å². The third-order valence-electron chi connectivity index (χ3n) is 3.00. The van der Waals surface area contributed by atoms with Crippen LogP contribution >= 0.6 is 62.9 Å². The van der Waals surface area contributed by atoms with Gasteiger partial charge in [0.2, 0.25) is 0 Å². The van der Waals surface area contributed by atoms with Gasteiger partial charge in [-0.25, -0.2) is 4.57 Å². The van der Waals surface area contributed by atoms with Crippen LogP contribution in [-0.2, 0) is 13.8 Å². The van der Waals surface area contributed by atoms with Gasteiger partial charge in [-0.3, -0.25) is 4.52 Å². The van der Waals surface area contributed by atoms with Crippen LogP contribution in [0.15, 0.2) is 0 Å². The molecule has 5 nitrogen and oxygen atoms in total. The fourth-order valence-corrected chi connectivity index (χ4v) is 5.03. The summed E-state index contributed by atoms with van der Waals surface area (Å²) in [5.41, 5.74) is -1.23. The highest BCUT2D eigenvalue weighted by Gasteiger charge is 2.33. The Morgan fingerprint density at radius 3 is 2.14 bits per heavy atom. The molecule has 21 heavy (non-hydrogen) atoms. The molecule has 0 aliphatic rings. The van der Waals surface area contributed by atoms with E-state index < -0.39 is 13.4 Å². The first kappa shape index (κ1) is 22.6. The Hall–Kier alpha value is 1.61. The molecule has 0 amide bonds. The van der Waals surface area contributed by atoms with Crippen molar-refractivity contribution in [3.05, 3.63) is 0 Å². The SMILES string of the molecule is CC(CCCl)(CCOCC(CCl)(CBr)CBr)OP(=O)(O)O. The minimum absolute atomic E-state index is 0.214. The van der Waals surface area contributed by atoms with Crippen LogP contribution in [0.3, 0.4) is 0 Å². The Labute approximate surface area is 152 Å². The van der Waals surface area contributed by atoms with Crippen molar-refractivity contribution in [2.45, 2.75) is 25.4 Å². The Kier molecular flexibility index (Phi) is 11.3. The summed E-state index contributed by atoms with van der Waals surface area (Å²) >= 11 is 18.4. The van der Waals surface area contributed by atoms with Crippen LogP contribution in [0.2, 0.25) is 0 Å². The van der Waals surface area contributed by atoms with Crippen LogP contribution < -0.4 is 0 Å². The molecule has 0 saturated carbocycles. The van der Waals surface area contributed by atoms with Crippen molar-refractivity contribution in [2.24, 2.45) is 5.41 Å². The monoisotopic (exact) mass is 492 g/mol. The molecule has 1 unspecified atom stereocenters. The molecule has 0 bridgehead atoms. The molecule has 10 heteroatoms. The Morgan fingerprint density at radius 2 is 1.76 bits per heavy atom. The molecule has 0 spiro atoms. The molecule has 0 aliphatic carbocycles. The van der Waals surface area contributed by atoms with Gasteiger partial charge in [0.1, 0.15) is 0 Å². The molecule has 0 fully saturated rings. The first-order valence-electron chi connectivity index (χ1n) is 6.24. The van der Waals surface area contributed by atoms with Crippen LogP contribution in [0.4, 0.5) is 0 Å². The van der Waals surface area contributed by atoms with E-state index in [2.05, 4.69) is 31.9 Å². The lowest BCUT2D eigenvalue weighted by atomic mass is 9.97. The number of phosphoric ester groups is 1. The van der Waals surface area contributed by atoms with Crippen molar-refractivity contribution in [3.63, 3.8) is 0 Å². The van der Waals surface area contributed by atoms with Crippen molar-refractivity contribution in [3.8, 4) is 0 Å². The van der Waals surface area contributed by atoms with Crippen molar-refractivity contribution in [1.82, 2.24) is 0 Å². The van der Waals surface area contributed by atoms with E-state index in [1.165, 1.54) is 0 Å². The zero-order valence-corrected chi connectivity index (χ0v) is 17.3. The summed E-state index contributed by atoms with van der Waals surface area (Å²) in [6, 6.07) is 0. The van der Waals surface area contributed by atoms with Gasteiger partial charge in [-0.1, -0.05) is 31.9 Å². The molecule has 0 radical (unpaired) electrons. The Bertz CT molecular complexity index is 332. The summed E-state index contributed by atoms with van der Waals surface area (Å²) in [4.78, 5) is 17.9. The molecule has 0 aliphatic heterocycles. The van der Waals surface area contributed by atoms with Crippen LogP contribution in [0.5, 0.6) is 0 Å². The first-order valence-corrected chi connectivity index (χ1v) is 11.1. The second-order valence-corrected chi connectivity index (χ2v) is 8.10. The average molecular weight is 495 g/mol. The lowest BCUT2D eigenvalue weighted by Crippen LogP contribution is -2.35. The van der Waals surface area contributed by atoms with E-state index >= 15 is 0 Å². The summed E-state index contributed by atoms with van der Waals surface area (Å²) < 4.78 is 21.5. The summed E-state index contributed by atoms with van der Waals surface area (Å²) in [5, 5.41) is 1.37. The van der Waals surface area contributed by atoms with E-state index in [0.29, 0.717) is 42.6 Å². The molecule has 0 rings (SSSR count). The van der Waals surface area contributed by atoms with Gasteiger partial charge < -0.3 is 14.5 Å². The lowest BCUT2D eigenvalue weighted by molar-refractivity contribution is -0.000867. The third kappa shape index (κ3) is 9.48. The van der Waals surface area contributed by atoms with Gasteiger partial charge in [0.05, 0.1) is 12.2 Å². The number of hydrogen-bond donors (Lipinski definition) is 2. The van der Waals surface area contributed by atoms with Crippen LogP contribution in [-0.4, -0.2) is 51.0 Å². The highest BCUT2D eigenvalue weighted by atomic mass is 79.9. The third-order valence-corrected chi connectivity index (χ3v) is 6.81. The first-order chi connectivity index (χ1) is 9.66. The van der Waals surface area contributed by atoms with E-state index in [0.717, 1.165) is 0 Å².